The minimum absolute atomic E-state index is 0.0224. The molecule has 8 heteroatoms. The molecule has 1 saturated heterocycles. The molecular weight excluding hydrogens is 538 g/mol. The van der Waals surface area contributed by atoms with Crippen LogP contribution in [0, 0.1) is 24.0 Å². The highest BCUT2D eigenvalue weighted by molar-refractivity contribution is 5.96. The molecule has 1 aliphatic carbocycles. The molecule has 0 unspecified atom stereocenters. The Bertz CT molecular complexity index is 1440. The Labute approximate surface area is 246 Å². The number of aromatic nitrogens is 1. The van der Waals surface area contributed by atoms with Gasteiger partial charge in [-0.2, -0.15) is 0 Å². The van der Waals surface area contributed by atoms with Crippen LogP contribution in [-0.4, -0.2) is 51.5 Å². The van der Waals surface area contributed by atoms with Gasteiger partial charge in [-0.25, -0.2) is 8.78 Å². The largest absolute Gasteiger partial charge is 0.390 e. The van der Waals surface area contributed by atoms with Gasteiger partial charge in [0, 0.05) is 55.9 Å². The van der Waals surface area contributed by atoms with Crippen molar-refractivity contribution < 1.29 is 28.0 Å². The van der Waals surface area contributed by atoms with E-state index in [-0.39, 0.29) is 46.8 Å². The van der Waals surface area contributed by atoms with E-state index in [4.69, 9.17) is 4.52 Å². The normalized spacial score (nSPS) is 22.5. The van der Waals surface area contributed by atoms with Crippen molar-refractivity contribution in [1.29, 1.82) is 0 Å². The fourth-order valence-corrected chi connectivity index (χ4v) is 6.68. The molecule has 1 N–H and O–H groups in total. The molecule has 224 valence electrons. The van der Waals surface area contributed by atoms with Crippen molar-refractivity contribution in [3.05, 3.63) is 77.0 Å². The summed E-state index contributed by atoms with van der Waals surface area (Å²) in [4.78, 5) is 29.4. The number of nitrogens with zero attached hydrogens (tertiary/aromatic N) is 2. The molecule has 0 atom stereocenters. The summed E-state index contributed by atoms with van der Waals surface area (Å²) in [5.74, 6) is -1.63. The van der Waals surface area contributed by atoms with Crippen LogP contribution in [0.5, 0.6) is 0 Å². The van der Waals surface area contributed by atoms with Crippen molar-refractivity contribution in [3.8, 4) is 11.3 Å². The van der Waals surface area contributed by atoms with Crippen molar-refractivity contribution in [2.75, 3.05) is 13.1 Å². The fraction of sp³-hybridized carbons (Fsp3) is 0.500. The number of likely N-dealkylation sites (tertiary alicyclic amines) is 1. The summed E-state index contributed by atoms with van der Waals surface area (Å²) in [7, 11) is 0. The molecule has 2 aromatic carbocycles. The van der Waals surface area contributed by atoms with Gasteiger partial charge >= 0.3 is 0 Å². The Morgan fingerprint density at radius 1 is 1.05 bits per heavy atom. The number of hydrogen-bond acceptors (Lipinski definition) is 6. The van der Waals surface area contributed by atoms with Crippen molar-refractivity contribution >= 4 is 11.6 Å². The molecule has 0 spiro atoms. The standard InChI is InChI=1S/C34H40F2N2O4/c1-22-5-7-23(8-6-22)32(2,3)17-26(39)18-34(20-38(21-34)25-11-13-33(4,41)14-12-25)19-30(40)29-16-31(42-37-29)27-10-9-24(35)15-28(27)36/h5-10,15-16,25,41H,11-14,17-21H2,1-4H3. The molecule has 42 heavy (non-hydrogen) atoms. The number of ketones is 2. The van der Waals surface area contributed by atoms with Crippen LogP contribution in [-0.2, 0) is 10.2 Å². The van der Waals surface area contributed by atoms with Gasteiger partial charge < -0.3 is 9.63 Å². The van der Waals surface area contributed by atoms with Crippen molar-refractivity contribution in [1.82, 2.24) is 10.1 Å². The summed E-state index contributed by atoms with van der Waals surface area (Å²) < 4.78 is 32.9. The fourth-order valence-electron chi connectivity index (χ4n) is 6.68. The SMILES string of the molecule is Cc1ccc(C(C)(C)CC(=O)CC2(CC(=O)c3cc(-c4ccc(F)cc4F)on3)CN(C3CCC(C)(O)CC3)C2)cc1. The number of hydrogen-bond donors (Lipinski definition) is 1. The second kappa shape index (κ2) is 11.5. The number of Topliss-reactive ketones (excluding diaryl/α,β-unsaturated/α-hetero) is 2. The summed E-state index contributed by atoms with van der Waals surface area (Å²) >= 11 is 0. The third-order valence-corrected chi connectivity index (χ3v) is 9.20. The third kappa shape index (κ3) is 6.70. The van der Waals surface area contributed by atoms with Crippen molar-refractivity contribution in [2.45, 2.75) is 89.7 Å². The highest BCUT2D eigenvalue weighted by atomic mass is 19.1. The first-order chi connectivity index (χ1) is 19.7. The Kier molecular flexibility index (Phi) is 8.25. The van der Waals surface area contributed by atoms with E-state index < -0.39 is 22.7 Å². The smallest absolute Gasteiger partial charge is 0.185 e. The lowest BCUT2D eigenvalue weighted by Gasteiger charge is -2.55. The number of aliphatic hydroxyl groups is 1. The zero-order valence-corrected chi connectivity index (χ0v) is 24.9. The molecule has 0 radical (unpaired) electrons. The van der Waals surface area contributed by atoms with E-state index in [9.17, 15) is 23.5 Å². The average molecular weight is 579 g/mol. The second-order valence-corrected chi connectivity index (χ2v) is 13.6. The van der Waals surface area contributed by atoms with Gasteiger partial charge in [-0.3, -0.25) is 14.5 Å². The van der Waals surface area contributed by atoms with Crippen LogP contribution in [0.3, 0.4) is 0 Å². The molecule has 0 bridgehead atoms. The number of carbonyl (C=O) groups is 2. The molecule has 1 saturated carbocycles. The van der Waals surface area contributed by atoms with Crippen LogP contribution in [0.25, 0.3) is 11.3 Å². The second-order valence-electron chi connectivity index (χ2n) is 13.6. The molecule has 5 rings (SSSR count). The number of rotatable bonds is 10. The first kappa shape index (κ1) is 30.2. The van der Waals surface area contributed by atoms with E-state index in [2.05, 4.69) is 48.2 Å². The van der Waals surface area contributed by atoms with Crippen molar-refractivity contribution in [2.24, 2.45) is 5.41 Å². The van der Waals surface area contributed by atoms with Gasteiger partial charge in [-0.05, 0) is 62.6 Å². The Morgan fingerprint density at radius 2 is 1.71 bits per heavy atom. The summed E-state index contributed by atoms with van der Waals surface area (Å²) in [6.07, 6.45) is 3.95. The monoisotopic (exact) mass is 578 g/mol. The lowest BCUT2D eigenvalue weighted by Crippen LogP contribution is -2.62. The molecule has 0 amide bonds. The van der Waals surface area contributed by atoms with Crippen LogP contribution in [0.2, 0.25) is 0 Å². The van der Waals surface area contributed by atoms with Crippen molar-refractivity contribution in [3.63, 3.8) is 0 Å². The van der Waals surface area contributed by atoms with Gasteiger partial charge in [0.1, 0.15) is 23.1 Å². The van der Waals surface area contributed by atoms with E-state index >= 15 is 0 Å². The lowest BCUT2D eigenvalue weighted by atomic mass is 9.68. The van der Waals surface area contributed by atoms with Crippen LogP contribution >= 0.6 is 0 Å². The summed E-state index contributed by atoms with van der Waals surface area (Å²) in [5.41, 5.74) is 0.809. The van der Waals surface area contributed by atoms with Gasteiger partial charge in [-0.1, -0.05) is 48.8 Å². The molecular formula is C34H40F2N2O4. The van der Waals surface area contributed by atoms with E-state index in [0.29, 0.717) is 25.6 Å². The number of halogens is 2. The van der Waals surface area contributed by atoms with Gasteiger partial charge in [0.15, 0.2) is 11.5 Å². The molecule has 2 heterocycles. The predicted molar refractivity (Wildman–Crippen MR) is 156 cm³/mol. The van der Waals surface area contributed by atoms with Crippen LogP contribution in [0.15, 0.2) is 53.1 Å². The Balaban J connectivity index is 1.31. The predicted octanol–water partition coefficient (Wildman–Crippen LogP) is 6.82. The van der Waals surface area contributed by atoms with Gasteiger partial charge in [-0.15, -0.1) is 0 Å². The molecule has 2 fully saturated rings. The Morgan fingerprint density at radius 3 is 2.36 bits per heavy atom. The first-order valence-corrected chi connectivity index (χ1v) is 14.7. The van der Waals surface area contributed by atoms with Gasteiger partial charge in [0.05, 0.1) is 11.2 Å². The van der Waals surface area contributed by atoms with Crippen LogP contribution < -0.4 is 0 Å². The lowest BCUT2D eigenvalue weighted by molar-refractivity contribution is -0.128. The zero-order chi connectivity index (χ0) is 30.3. The Hall–Kier alpha value is -3.23. The van der Waals surface area contributed by atoms with Gasteiger partial charge in [0.25, 0.3) is 0 Å². The first-order valence-electron chi connectivity index (χ1n) is 14.7. The highest BCUT2D eigenvalue weighted by Gasteiger charge is 2.49. The number of carbonyl (C=O) groups excluding carboxylic acids is 2. The maximum atomic E-state index is 14.3. The zero-order valence-electron chi connectivity index (χ0n) is 24.9. The minimum Gasteiger partial charge on any atom is -0.390 e. The quantitative estimate of drug-likeness (QED) is 0.266. The molecule has 1 aromatic heterocycles. The molecule has 3 aromatic rings. The average Bonchev–Trinajstić information content (AvgIpc) is 3.37. The van der Waals surface area contributed by atoms with E-state index in [1.54, 1.807) is 0 Å². The van der Waals surface area contributed by atoms with E-state index in [1.165, 1.54) is 12.1 Å². The summed E-state index contributed by atoms with van der Waals surface area (Å²) in [5, 5.41) is 14.3. The highest BCUT2D eigenvalue weighted by Crippen LogP contribution is 2.44. The molecule has 2 aliphatic rings. The van der Waals surface area contributed by atoms with Crippen LogP contribution in [0.4, 0.5) is 8.78 Å². The third-order valence-electron chi connectivity index (χ3n) is 9.20. The number of aryl methyl sites for hydroxylation is 1. The topological polar surface area (TPSA) is 83.6 Å². The van der Waals surface area contributed by atoms with Crippen LogP contribution in [0.1, 0.15) is 87.3 Å². The maximum Gasteiger partial charge on any atom is 0.185 e. The summed E-state index contributed by atoms with van der Waals surface area (Å²) in [6.45, 7) is 9.27. The molecule has 1 aliphatic heterocycles. The molecule has 6 nitrogen and oxygen atoms in total. The van der Waals surface area contributed by atoms with E-state index in [1.807, 2.05) is 13.8 Å². The number of benzene rings is 2. The minimum atomic E-state index is -0.801. The summed E-state index contributed by atoms with van der Waals surface area (Å²) in [6, 6.07) is 13.1. The van der Waals surface area contributed by atoms with E-state index in [0.717, 1.165) is 48.9 Å². The maximum absolute atomic E-state index is 14.3. The van der Waals surface area contributed by atoms with Gasteiger partial charge in [0.2, 0.25) is 0 Å².